The molecule has 118 valence electrons. The number of halogens is 1. The van der Waals surface area contributed by atoms with E-state index in [9.17, 15) is 13.7 Å². The van der Waals surface area contributed by atoms with Crippen molar-refractivity contribution in [1.82, 2.24) is 0 Å². The van der Waals surface area contributed by atoms with Crippen molar-refractivity contribution in [3.05, 3.63) is 64.1 Å². The molecule has 0 aromatic heterocycles. The van der Waals surface area contributed by atoms with Crippen LogP contribution in [0.4, 0.5) is 0 Å². The number of nitrogens with two attached hydrogens (primary N) is 1. The van der Waals surface area contributed by atoms with Gasteiger partial charge in [0.2, 0.25) is 0 Å². The average molecular weight is 391 g/mol. The summed E-state index contributed by atoms with van der Waals surface area (Å²) in [5.41, 5.74) is 6.45. The SMILES string of the molecule is Cc1ccc(S(=O)(=O)C2C(c3ccc(Br)cc3)C2(N)C#N)cc1. The monoisotopic (exact) mass is 390 g/mol. The molecule has 2 aromatic carbocycles. The first-order chi connectivity index (χ1) is 10.8. The summed E-state index contributed by atoms with van der Waals surface area (Å²) in [5.74, 6) is -0.521. The van der Waals surface area contributed by atoms with Crippen LogP contribution in [0.25, 0.3) is 0 Å². The van der Waals surface area contributed by atoms with Crippen LogP contribution in [0.3, 0.4) is 0 Å². The van der Waals surface area contributed by atoms with Gasteiger partial charge >= 0.3 is 0 Å². The number of rotatable bonds is 3. The number of nitrogens with zero attached hydrogens (tertiary/aromatic N) is 1. The second-order valence-corrected chi connectivity index (χ2v) is 8.84. The summed E-state index contributed by atoms with van der Waals surface area (Å²) in [5, 5.41) is 8.50. The molecule has 6 heteroatoms. The molecule has 1 fully saturated rings. The van der Waals surface area contributed by atoms with Gasteiger partial charge in [0.25, 0.3) is 0 Å². The molecule has 0 spiro atoms. The van der Waals surface area contributed by atoms with Gasteiger partial charge in [-0.15, -0.1) is 0 Å². The van der Waals surface area contributed by atoms with Gasteiger partial charge in [0.05, 0.1) is 11.0 Å². The molecule has 0 radical (unpaired) electrons. The fourth-order valence-corrected chi connectivity index (χ4v) is 5.39. The third-order valence-corrected chi connectivity index (χ3v) is 7.07. The van der Waals surface area contributed by atoms with Crippen molar-refractivity contribution in [2.45, 2.75) is 28.5 Å². The van der Waals surface area contributed by atoms with Crippen molar-refractivity contribution in [2.24, 2.45) is 5.73 Å². The molecule has 0 saturated heterocycles. The van der Waals surface area contributed by atoms with E-state index in [4.69, 9.17) is 5.73 Å². The minimum Gasteiger partial charge on any atom is -0.312 e. The fraction of sp³-hybridized carbons (Fsp3) is 0.235. The second kappa shape index (κ2) is 5.45. The highest BCUT2D eigenvalue weighted by Crippen LogP contribution is 2.55. The lowest BCUT2D eigenvalue weighted by atomic mass is 10.1. The maximum atomic E-state index is 12.9. The third-order valence-electron chi connectivity index (χ3n) is 4.29. The average Bonchev–Trinajstić information content (AvgIpc) is 3.16. The third kappa shape index (κ3) is 2.59. The molecule has 1 aliphatic rings. The summed E-state index contributed by atoms with van der Waals surface area (Å²) in [6.45, 7) is 1.89. The molecule has 0 heterocycles. The Labute approximate surface area is 144 Å². The molecule has 3 atom stereocenters. The molecule has 0 amide bonds. The molecule has 2 aromatic rings. The number of benzene rings is 2. The topological polar surface area (TPSA) is 83.9 Å². The van der Waals surface area contributed by atoms with Crippen LogP contribution in [-0.2, 0) is 9.84 Å². The lowest BCUT2D eigenvalue weighted by Crippen LogP contribution is -2.29. The summed E-state index contributed by atoms with van der Waals surface area (Å²) in [6, 6.07) is 15.9. The molecule has 23 heavy (non-hydrogen) atoms. The first-order valence-electron chi connectivity index (χ1n) is 7.07. The first kappa shape index (κ1) is 16.2. The van der Waals surface area contributed by atoms with Crippen LogP contribution < -0.4 is 5.73 Å². The number of hydrogen-bond acceptors (Lipinski definition) is 4. The minimum absolute atomic E-state index is 0.206. The van der Waals surface area contributed by atoms with Crippen molar-refractivity contribution in [1.29, 1.82) is 5.26 Å². The van der Waals surface area contributed by atoms with Crippen LogP contribution in [0.5, 0.6) is 0 Å². The molecule has 0 bridgehead atoms. The predicted octanol–water partition coefficient (Wildman–Crippen LogP) is 2.92. The molecule has 1 saturated carbocycles. The van der Waals surface area contributed by atoms with Crippen LogP contribution in [0.2, 0.25) is 0 Å². The van der Waals surface area contributed by atoms with E-state index in [2.05, 4.69) is 15.9 Å². The molecular weight excluding hydrogens is 376 g/mol. The van der Waals surface area contributed by atoms with Crippen molar-refractivity contribution >= 4 is 25.8 Å². The van der Waals surface area contributed by atoms with Crippen LogP contribution >= 0.6 is 15.9 Å². The molecule has 3 unspecified atom stereocenters. The first-order valence-corrected chi connectivity index (χ1v) is 9.41. The van der Waals surface area contributed by atoms with Crippen LogP contribution in [0, 0.1) is 18.3 Å². The Hall–Kier alpha value is -1.68. The van der Waals surface area contributed by atoms with Gasteiger partial charge in [0.15, 0.2) is 9.84 Å². The summed E-state index contributed by atoms with van der Waals surface area (Å²) in [6.07, 6.45) is 0. The van der Waals surface area contributed by atoms with E-state index in [1.54, 1.807) is 36.4 Å². The number of nitriles is 1. The zero-order valence-electron chi connectivity index (χ0n) is 12.4. The minimum atomic E-state index is -3.67. The van der Waals surface area contributed by atoms with E-state index in [0.717, 1.165) is 15.6 Å². The van der Waals surface area contributed by atoms with Crippen molar-refractivity contribution in [3.63, 3.8) is 0 Å². The maximum Gasteiger partial charge on any atom is 0.184 e. The van der Waals surface area contributed by atoms with Gasteiger partial charge in [0, 0.05) is 10.4 Å². The van der Waals surface area contributed by atoms with Crippen molar-refractivity contribution < 1.29 is 8.42 Å². The zero-order chi connectivity index (χ0) is 16.8. The van der Waals surface area contributed by atoms with Gasteiger partial charge in [-0.05, 0) is 36.8 Å². The largest absolute Gasteiger partial charge is 0.312 e. The van der Waals surface area contributed by atoms with E-state index in [0.29, 0.717) is 0 Å². The zero-order valence-corrected chi connectivity index (χ0v) is 14.8. The quantitative estimate of drug-likeness (QED) is 0.872. The molecular formula is C17H15BrN2O2S. The number of hydrogen-bond donors (Lipinski definition) is 1. The lowest BCUT2D eigenvalue weighted by Gasteiger charge is -2.05. The van der Waals surface area contributed by atoms with Crippen LogP contribution in [-0.4, -0.2) is 19.2 Å². The Morgan fingerprint density at radius 2 is 1.70 bits per heavy atom. The molecule has 4 nitrogen and oxygen atoms in total. The van der Waals surface area contributed by atoms with Gasteiger partial charge in [-0.25, -0.2) is 8.42 Å². The lowest BCUT2D eigenvalue weighted by molar-refractivity contribution is 0.592. The Kier molecular flexibility index (Phi) is 3.83. The van der Waals surface area contributed by atoms with Gasteiger partial charge in [-0.3, -0.25) is 0 Å². The van der Waals surface area contributed by atoms with E-state index < -0.39 is 26.5 Å². The van der Waals surface area contributed by atoms with Gasteiger partial charge in [-0.1, -0.05) is 45.8 Å². The summed E-state index contributed by atoms with van der Waals surface area (Å²) in [4.78, 5) is 0.206. The molecule has 0 aliphatic heterocycles. The highest BCUT2D eigenvalue weighted by Gasteiger charge is 2.70. The van der Waals surface area contributed by atoms with E-state index in [1.807, 2.05) is 25.1 Å². The van der Waals surface area contributed by atoms with E-state index in [1.165, 1.54) is 0 Å². The van der Waals surface area contributed by atoms with E-state index in [-0.39, 0.29) is 4.90 Å². The van der Waals surface area contributed by atoms with Crippen molar-refractivity contribution in [3.8, 4) is 6.07 Å². The number of aryl methyl sites for hydroxylation is 1. The normalized spacial score (nSPS) is 26.5. The molecule has 3 rings (SSSR count). The summed E-state index contributed by atoms with van der Waals surface area (Å²) >= 11 is 3.34. The Balaban J connectivity index is 2.03. The highest BCUT2D eigenvalue weighted by molar-refractivity contribution is 9.10. The van der Waals surface area contributed by atoms with Crippen LogP contribution in [0.15, 0.2) is 57.9 Å². The standard InChI is InChI=1S/C17H15BrN2O2S/c1-11-2-8-14(9-3-11)23(21,22)16-15(17(16,20)10-19)12-4-6-13(18)7-5-12/h2-9,15-16H,20H2,1H3. The Morgan fingerprint density at radius 3 is 2.22 bits per heavy atom. The summed E-state index contributed by atoms with van der Waals surface area (Å²) < 4.78 is 26.7. The fourth-order valence-electron chi connectivity index (χ4n) is 2.94. The smallest absolute Gasteiger partial charge is 0.184 e. The Bertz CT molecular complexity index is 886. The second-order valence-electron chi connectivity index (χ2n) is 5.85. The highest BCUT2D eigenvalue weighted by atomic mass is 79.9. The van der Waals surface area contributed by atoms with Gasteiger partial charge < -0.3 is 5.73 Å². The van der Waals surface area contributed by atoms with E-state index >= 15 is 0 Å². The predicted molar refractivity (Wildman–Crippen MR) is 91.6 cm³/mol. The molecule has 2 N–H and O–H groups in total. The molecule has 1 aliphatic carbocycles. The van der Waals surface area contributed by atoms with Crippen LogP contribution in [0.1, 0.15) is 17.0 Å². The number of sulfone groups is 1. The van der Waals surface area contributed by atoms with Gasteiger partial charge in [0.1, 0.15) is 10.8 Å². The van der Waals surface area contributed by atoms with Crippen molar-refractivity contribution in [2.75, 3.05) is 0 Å². The summed E-state index contributed by atoms with van der Waals surface area (Å²) in [7, 11) is -3.67. The van der Waals surface area contributed by atoms with Gasteiger partial charge in [-0.2, -0.15) is 5.26 Å². The Morgan fingerprint density at radius 1 is 1.13 bits per heavy atom. The maximum absolute atomic E-state index is 12.9.